The Morgan fingerprint density at radius 1 is 0.847 bits per heavy atom. The van der Waals surface area contributed by atoms with Crippen molar-refractivity contribution in [3.05, 3.63) is 95.0 Å². The molecule has 2 saturated heterocycles. The van der Waals surface area contributed by atoms with Gasteiger partial charge in [-0.15, -0.1) is 0 Å². The smallest absolute Gasteiger partial charge is 0.632 e. The average Bonchev–Trinajstić information content (AvgIpc) is 3.86. The van der Waals surface area contributed by atoms with Crippen molar-refractivity contribution in [3.63, 3.8) is 0 Å². The molecule has 2 saturated carbocycles. The van der Waals surface area contributed by atoms with Crippen LogP contribution < -0.4 is 0 Å². The van der Waals surface area contributed by atoms with Crippen LogP contribution in [0.2, 0.25) is 0 Å². The Kier molecular flexibility index (Phi) is 12.4. The number of hydrogen-bond acceptors (Lipinski definition) is 8. The third-order valence-corrected chi connectivity index (χ3v) is 12.0. The number of imidazole rings is 2. The largest absolute Gasteiger partial charge is 2.00 e. The first kappa shape index (κ1) is 43.4. The van der Waals surface area contributed by atoms with E-state index < -0.39 is 18.1 Å². The number of nitrogens with one attached hydrogen (secondary N) is 4. The van der Waals surface area contributed by atoms with Gasteiger partial charge in [0, 0.05) is 22.7 Å². The zero-order valence-electron chi connectivity index (χ0n) is 31.9. The first-order valence-electron chi connectivity index (χ1n) is 18.5. The molecule has 302 valence electrons. The number of carbonyl (C=O) groups is 2. The summed E-state index contributed by atoms with van der Waals surface area (Å²) in [6.07, 6.45) is 10.0. The molecule has 4 fully saturated rings. The van der Waals surface area contributed by atoms with Crippen LogP contribution in [0.5, 0.6) is 0 Å². The van der Waals surface area contributed by atoms with Crippen molar-refractivity contribution in [2.75, 3.05) is 20.8 Å². The predicted molar refractivity (Wildman–Crippen MR) is 204 cm³/mol. The van der Waals surface area contributed by atoms with E-state index in [0.717, 1.165) is 75.2 Å². The SMILES string of the molecule is COC([NH-])=O.COC([NH-])=O.O=[C-]N1CC2(CC2)C[C@H]1c1ncc(-c2ccc3c(c2)C(F)(F)c2cc(-c4ccc5nc([C@@H]6[C@H]7CC[C@H](C7)N6[C-]=O)[nH]c5c4)ccc2-3)[nH]1.[V+2].[V+2]. The number of amides is 4. The Hall–Kier alpha value is -5.15. The van der Waals surface area contributed by atoms with Gasteiger partial charge < -0.3 is 50.3 Å². The van der Waals surface area contributed by atoms with Crippen LogP contribution in [0.1, 0.15) is 73.4 Å². The number of aromatic nitrogens is 4. The van der Waals surface area contributed by atoms with Crippen LogP contribution in [0.15, 0.2) is 60.8 Å². The molecule has 14 nitrogen and oxygen atoms in total. The van der Waals surface area contributed by atoms with Crippen molar-refractivity contribution >= 4 is 36.0 Å². The molecule has 4 N–H and O–H groups in total. The molecule has 3 aromatic carbocycles. The second kappa shape index (κ2) is 16.8. The van der Waals surface area contributed by atoms with Crippen LogP contribution >= 0.6 is 0 Å². The van der Waals surface area contributed by atoms with E-state index >= 15 is 8.78 Å². The van der Waals surface area contributed by atoms with Crippen LogP contribution in [0, 0.1) is 11.3 Å². The standard InChI is InChI=1S/C37H30F2N6O2.2C2H5NO2.2V/c38-37(39)27-12-20(21-4-8-29-30(14-21)42-35(41-29)33-23-1-5-24(11-23)45(33)19-47)2-6-25(27)26-7-3-22(13-28(26)37)31-16-40-34(43-31)32-15-36(9-10-36)17-44(32)18-46;2*1-5-2(3)4;;/h2-4,6-8,12-14,16,23-24,32-33H,1,5,9-11,15,17H2,(H,40,43)(H,41,42);2*1H3,(H2,3,4);;/q-2;;;2*+2/p-2/t23-,24+,32-,33-;;;;/m0..../s1. The molecule has 2 radical (unpaired) electrons. The maximum atomic E-state index is 16.2. The Balaban J connectivity index is 0.000000440. The fourth-order valence-corrected chi connectivity index (χ4v) is 8.98. The van der Waals surface area contributed by atoms with E-state index in [1.54, 1.807) is 40.3 Å². The fraction of sp³-hybridized carbons (Fsp3) is 0.366. The molecule has 2 aliphatic heterocycles. The molecule has 10 rings (SSSR count). The number of methoxy groups -OCH3 is 2. The second-order valence-corrected chi connectivity index (χ2v) is 15.2. The van der Waals surface area contributed by atoms with Gasteiger partial charge in [-0.2, -0.15) is 21.6 Å². The topological polar surface area (TPSA) is 198 Å². The Labute approximate surface area is 361 Å². The maximum Gasteiger partial charge on any atom is 2.00 e. The summed E-state index contributed by atoms with van der Waals surface area (Å²) in [5.74, 6) is -1.37. The van der Waals surface area contributed by atoms with E-state index in [1.807, 2.05) is 30.3 Å². The van der Waals surface area contributed by atoms with E-state index in [0.29, 0.717) is 46.2 Å². The molecule has 18 heteroatoms. The van der Waals surface area contributed by atoms with Crippen LogP contribution in [-0.4, -0.2) is 81.5 Å². The number of alkyl halides is 2. The van der Waals surface area contributed by atoms with Gasteiger partial charge in [0.05, 0.1) is 49.2 Å². The number of rotatable bonds is 6. The van der Waals surface area contributed by atoms with E-state index in [1.165, 1.54) is 0 Å². The summed E-state index contributed by atoms with van der Waals surface area (Å²) >= 11 is 0. The van der Waals surface area contributed by atoms with E-state index in [-0.39, 0.29) is 71.8 Å². The zero-order chi connectivity index (χ0) is 40.2. The van der Waals surface area contributed by atoms with Gasteiger partial charge >= 0.3 is 37.1 Å². The molecule has 2 aromatic heterocycles. The van der Waals surface area contributed by atoms with Crippen molar-refractivity contribution in [3.8, 4) is 33.5 Å². The molecular formula is C41H38F2N8O6V2. The van der Waals surface area contributed by atoms with E-state index in [4.69, 9.17) is 16.5 Å². The number of aromatic amines is 2. The van der Waals surface area contributed by atoms with Crippen molar-refractivity contribution in [1.82, 2.24) is 29.7 Å². The predicted octanol–water partition coefficient (Wildman–Crippen LogP) is 8.53. The molecular weight excluding hydrogens is 840 g/mol. The van der Waals surface area contributed by atoms with Gasteiger partial charge in [0.25, 0.3) is 5.92 Å². The minimum atomic E-state index is -3.19. The average molecular weight is 879 g/mol. The van der Waals surface area contributed by atoms with Gasteiger partial charge in [0.2, 0.25) is 12.2 Å². The van der Waals surface area contributed by atoms with E-state index in [2.05, 4.69) is 37.2 Å². The number of carbonyl (C=O) groups excluding carboxylic acids is 4. The van der Waals surface area contributed by atoms with E-state index in [9.17, 15) is 19.2 Å². The first-order chi connectivity index (χ1) is 27.4. The molecule has 4 atom stereocenters. The molecule has 59 heavy (non-hydrogen) atoms. The molecule has 2 bridgehead atoms. The first-order valence-corrected chi connectivity index (χ1v) is 18.5. The number of nitrogens with zero attached hydrogens (tertiary/aromatic N) is 4. The maximum absolute atomic E-state index is 16.2. The van der Waals surface area contributed by atoms with Crippen LogP contribution in [0.3, 0.4) is 0 Å². The third kappa shape index (κ3) is 7.98. The summed E-state index contributed by atoms with van der Waals surface area (Å²) in [5.41, 5.74) is 17.5. The Morgan fingerprint density at radius 3 is 2.07 bits per heavy atom. The summed E-state index contributed by atoms with van der Waals surface area (Å²) in [6.45, 7) is 0.694. The number of H-pyrrole nitrogens is 2. The molecule has 4 heterocycles. The van der Waals surface area contributed by atoms with Gasteiger partial charge in [-0.25, -0.2) is 9.97 Å². The summed E-state index contributed by atoms with van der Waals surface area (Å²) in [4.78, 5) is 61.4. The number of halogens is 2. The second-order valence-electron chi connectivity index (χ2n) is 15.2. The number of piperidine rings is 1. The number of fused-ring (bicyclic) bond motifs is 6. The van der Waals surface area contributed by atoms with Crippen LogP contribution in [0.4, 0.5) is 18.4 Å². The molecule has 1 spiro atoms. The van der Waals surface area contributed by atoms with Crippen molar-refractivity contribution in [1.29, 1.82) is 0 Å². The van der Waals surface area contributed by atoms with Gasteiger partial charge in [0.15, 0.2) is 0 Å². The number of likely N-dealkylation sites (tertiary alicyclic amines) is 2. The van der Waals surface area contributed by atoms with Gasteiger partial charge in [0.1, 0.15) is 11.6 Å². The summed E-state index contributed by atoms with van der Waals surface area (Å²) in [6, 6.07) is 16.2. The summed E-state index contributed by atoms with van der Waals surface area (Å²) < 4.78 is 40.0. The minimum absolute atomic E-state index is 0. The van der Waals surface area contributed by atoms with Crippen LogP contribution in [0.25, 0.3) is 56.0 Å². The zero-order valence-corrected chi connectivity index (χ0v) is 34.7. The molecule has 5 aromatic rings. The molecule has 0 unspecified atom stereocenters. The van der Waals surface area contributed by atoms with Gasteiger partial charge in [-0.3, -0.25) is 9.59 Å². The van der Waals surface area contributed by atoms with Crippen molar-refractivity contribution < 1.29 is 74.5 Å². The molecule has 5 aliphatic rings. The quantitative estimate of drug-likeness (QED) is 0.158. The van der Waals surface area contributed by atoms with Crippen LogP contribution in [-0.2, 0) is 62.1 Å². The summed E-state index contributed by atoms with van der Waals surface area (Å²) in [7, 11) is 2.32. The Bertz CT molecular complexity index is 2390. The van der Waals surface area contributed by atoms with Gasteiger partial charge in [-0.05, 0) is 103 Å². The fourth-order valence-electron chi connectivity index (χ4n) is 8.98. The number of benzene rings is 3. The molecule has 4 amide bonds. The Morgan fingerprint density at radius 2 is 1.46 bits per heavy atom. The molecule has 3 aliphatic carbocycles. The normalized spacial score (nSPS) is 21.8. The number of ether oxygens (including phenoxy) is 2. The summed E-state index contributed by atoms with van der Waals surface area (Å²) in [5, 5.41) is 0. The number of hydrogen-bond donors (Lipinski definition) is 2. The van der Waals surface area contributed by atoms with Crippen molar-refractivity contribution in [2.45, 2.75) is 62.6 Å². The van der Waals surface area contributed by atoms with Crippen molar-refractivity contribution in [2.24, 2.45) is 11.3 Å². The monoisotopic (exact) mass is 878 g/mol. The van der Waals surface area contributed by atoms with Gasteiger partial charge in [-0.1, -0.05) is 30.3 Å². The minimum Gasteiger partial charge on any atom is -0.632 e. The third-order valence-electron chi connectivity index (χ3n) is 12.0.